The predicted molar refractivity (Wildman–Crippen MR) is 130 cm³/mol. The van der Waals surface area contributed by atoms with Crippen molar-refractivity contribution in [3.8, 4) is 16.9 Å². The molecule has 4 rings (SSSR count). The number of carbonyl (C=O) groups is 1. The monoisotopic (exact) mass is 448 g/mol. The van der Waals surface area contributed by atoms with Crippen LogP contribution in [0.2, 0.25) is 0 Å². The van der Waals surface area contributed by atoms with Crippen molar-refractivity contribution < 1.29 is 4.79 Å². The molecule has 158 valence electrons. The van der Waals surface area contributed by atoms with Crippen molar-refractivity contribution in [2.45, 2.75) is 26.2 Å². The quantitative estimate of drug-likeness (QED) is 0.352. The van der Waals surface area contributed by atoms with Gasteiger partial charge in [0.1, 0.15) is 0 Å². The highest BCUT2D eigenvalue weighted by Gasteiger charge is 2.13. The normalized spacial score (nSPS) is 10.9. The molecule has 0 saturated carbocycles. The van der Waals surface area contributed by atoms with E-state index in [0.717, 1.165) is 53.1 Å². The van der Waals surface area contributed by atoms with E-state index in [9.17, 15) is 9.59 Å². The third-order valence-electron chi connectivity index (χ3n) is 5.12. The maximum atomic E-state index is 12.6. The maximum Gasteiger partial charge on any atom is 0.312 e. The van der Waals surface area contributed by atoms with Gasteiger partial charge in [-0.1, -0.05) is 47.2 Å². The molecule has 1 amide bonds. The number of nitrogens with one attached hydrogen (secondary N) is 1. The minimum atomic E-state index is -0.0857. The smallest absolute Gasteiger partial charge is 0.312 e. The van der Waals surface area contributed by atoms with E-state index in [1.807, 2.05) is 60.8 Å². The molecule has 0 aliphatic heterocycles. The fraction of sp³-hybridized carbons (Fsp3) is 0.200. The van der Waals surface area contributed by atoms with Crippen LogP contribution in [0.15, 0.2) is 76.2 Å². The number of amides is 1. The zero-order valence-corrected chi connectivity index (χ0v) is 19.0. The van der Waals surface area contributed by atoms with E-state index in [0.29, 0.717) is 12.1 Å². The zero-order valence-electron chi connectivity index (χ0n) is 17.3. The molecule has 0 saturated heterocycles. The number of thiophene rings is 1. The summed E-state index contributed by atoms with van der Waals surface area (Å²) in [5.74, 6) is -0.0857. The summed E-state index contributed by atoms with van der Waals surface area (Å²) in [5, 5.41) is 6.96. The second-order valence-corrected chi connectivity index (χ2v) is 9.28. The Bertz CT molecular complexity index is 1210. The Hall–Kier alpha value is -2.96. The first-order chi connectivity index (χ1) is 15.1. The van der Waals surface area contributed by atoms with Gasteiger partial charge < -0.3 is 5.32 Å². The molecule has 0 aliphatic rings. The lowest BCUT2D eigenvalue weighted by molar-refractivity contribution is 0.0953. The Kier molecular flexibility index (Phi) is 6.79. The molecule has 0 bridgehead atoms. The first-order valence-electron chi connectivity index (χ1n) is 10.3. The van der Waals surface area contributed by atoms with Crippen LogP contribution in [0.1, 0.15) is 33.6 Å². The summed E-state index contributed by atoms with van der Waals surface area (Å²) in [6.07, 6.45) is 3.05. The molecule has 2 aromatic carbocycles. The number of unbranched alkanes of at least 4 members (excludes halogenated alkanes) is 1. The molecule has 31 heavy (non-hydrogen) atoms. The Morgan fingerprint density at radius 2 is 1.84 bits per heavy atom. The molecule has 0 radical (unpaired) electrons. The largest absolute Gasteiger partial charge is 0.352 e. The zero-order chi connectivity index (χ0) is 21.6. The summed E-state index contributed by atoms with van der Waals surface area (Å²) in [5.41, 5.74) is 4.22. The molecule has 2 aromatic heterocycles. The third-order valence-corrected chi connectivity index (χ3v) is 6.78. The molecule has 2 heterocycles. The second-order valence-electron chi connectivity index (χ2n) is 7.43. The molecule has 0 spiro atoms. The predicted octanol–water partition coefficient (Wildman–Crippen LogP) is 5.69. The second kappa shape index (κ2) is 9.90. The SMILES string of the molecule is Cc1ccc(-n2c(-c3cccc(C(=O)NCCCCc4cccs4)c3)csc2=O)cc1. The lowest BCUT2D eigenvalue weighted by Gasteiger charge is -2.10. The number of aryl methyl sites for hydroxylation is 2. The van der Waals surface area contributed by atoms with E-state index >= 15 is 0 Å². The van der Waals surface area contributed by atoms with Crippen LogP contribution in [0.4, 0.5) is 0 Å². The third kappa shape index (κ3) is 5.21. The first kappa shape index (κ1) is 21.3. The lowest BCUT2D eigenvalue weighted by atomic mass is 10.1. The number of nitrogens with zero attached hydrogens (tertiary/aromatic N) is 1. The van der Waals surface area contributed by atoms with Crippen LogP contribution in [0.5, 0.6) is 0 Å². The van der Waals surface area contributed by atoms with Gasteiger partial charge >= 0.3 is 4.87 Å². The highest BCUT2D eigenvalue weighted by atomic mass is 32.1. The Balaban J connectivity index is 1.44. The van der Waals surface area contributed by atoms with Gasteiger partial charge in [-0.25, -0.2) is 0 Å². The van der Waals surface area contributed by atoms with Gasteiger partial charge in [0.25, 0.3) is 5.91 Å². The molecule has 0 atom stereocenters. The van der Waals surface area contributed by atoms with Gasteiger partial charge in [-0.15, -0.1) is 11.3 Å². The van der Waals surface area contributed by atoms with Crippen LogP contribution in [0.3, 0.4) is 0 Å². The Labute approximate surface area is 189 Å². The van der Waals surface area contributed by atoms with Gasteiger partial charge in [-0.05, 0) is 61.9 Å². The fourth-order valence-electron chi connectivity index (χ4n) is 3.45. The molecule has 0 fully saturated rings. The summed E-state index contributed by atoms with van der Waals surface area (Å²) < 4.78 is 1.70. The maximum absolute atomic E-state index is 12.6. The van der Waals surface area contributed by atoms with Gasteiger partial charge in [0.2, 0.25) is 0 Å². The van der Waals surface area contributed by atoms with E-state index in [1.165, 1.54) is 4.88 Å². The number of hydrogen-bond donors (Lipinski definition) is 1. The summed E-state index contributed by atoms with van der Waals surface area (Å²) in [6.45, 7) is 2.67. The molecule has 0 unspecified atom stereocenters. The molecule has 6 heteroatoms. The highest BCUT2D eigenvalue weighted by molar-refractivity contribution is 7.09. The minimum absolute atomic E-state index is 0.0422. The van der Waals surface area contributed by atoms with Crippen LogP contribution in [-0.2, 0) is 6.42 Å². The van der Waals surface area contributed by atoms with E-state index in [-0.39, 0.29) is 10.8 Å². The van der Waals surface area contributed by atoms with Gasteiger partial charge in [0, 0.05) is 27.9 Å². The number of benzene rings is 2. The average Bonchev–Trinajstić information content (AvgIpc) is 3.44. The van der Waals surface area contributed by atoms with Crippen molar-refractivity contribution in [3.63, 3.8) is 0 Å². The van der Waals surface area contributed by atoms with E-state index in [1.54, 1.807) is 15.9 Å². The molecule has 1 N–H and O–H groups in total. The van der Waals surface area contributed by atoms with Crippen LogP contribution >= 0.6 is 22.7 Å². The van der Waals surface area contributed by atoms with Crippen LogP contribution in [-0.4, -0.2) is 17.0 Å². The summed E-state index contributed by atoms with van der Waals surface area (Å²) in [6, 6.07) is 19.6. The van der Waals surface area contributed by atoms with E-state index < -0.39 is 0 Å². The van der Waals surface area contributed by atoms with Crippen LogP contribution < -0.4 is 10.2 Å². The number of rotatable bonds is 8. The van der Waals surface area contributed by atoms with Gasteiger partial charge in [0.15, 0.2) is 0 Å². The number of hydrogen-bond acceptors (Lipinski definition) is 4. The first-order valence-corrected chi connectivity index (χ1v) is 12.1. The highest BCUT2D eigenvalue weighted by Crippen LogP contribution is 2.24. The van der Waals surface area contributed by atoms with Gasteiger partial charge in [-0.3, -0.25) is 14.2 Å². The van der Waals surface area contributed by atoms with Crippen molar-refractivity contribution in [3.05, 3.63) is 97.1 Å². The van der Waals surface area contributed by atoms with Crippen molar-refractivity contribution in [2.75, 3.05) is 6.54 Å². The van der Waals surface area contributed by atoms with Gasteiger partial charge in [0.05, 0.1) is 11.4 Å². The molecule has 0 aliphatic carbocycles. The topological polar surface area (TPSA) is 51.1 Å². The lowest BCUT2D eigenvalue weighted by Crippen LogP contribution is -2.24. The fourth-order valence-corrected chi connectivity index (χ4v) is 4.96. The molecule has 4 aromatic rings. The average molecular weight is 449 g/mol. The molecular weight excluding hydrogens is 424 g/mol. The summed E-state index contributed by atoms with van der Waals surface area (Å²) in [4.78, 5) is 26.5. The summed E-state index contributed by atoms with van der Waals surface area (Å²) in [7, 11) is 0. The number of aromatic nitrogens is 1. The molecular formula is C25H24N2O2S2. The molecule has 4 nitrogen and oxygen atoms in total. The number of thiazole rings is 1. The van der Waals surface area contributed by atoms with Crippen LogP contribution in [0, 0.1) is 6.92 Å². The van der Waals surface area contributed by atoms with E-state index in [4.69, 9.17) is 0 Å². The standard InChI is InChI=1S/C25H24N2O2S2/c1-18-10-12-21(13-11-18)27-23(17-31-25(27)29)19-6-4-7-20(16-19)24(28)26-14-3-2-8-22-9-5-15-30-22/h4-7,9-13,15-17H,2-3,8,14H2,1H3,(H,26,28). The minimum Gasteiger partial charge on any atom is -0.352 e. The van der Waals surface area contributed by atoms with Crippen LogP contribution in [0.25, 0.3) is 16.9 Å². The summed E-state index contributed by atoms with van der Waals surface area (Å²) >= 11 is 2.94. The Morgan fingerprint density at radius 1 is 1.00 bits per heavy atom. The Morgan fingerprint density at radius 3 is 2.61 bits per heavy atom. The van der Waals surface area contributed by atoms with Crippen molar-refractivity contribution in [1.29, 1.82) is 0 Å². The number of carbonyl (C=O) groups excluding carboxylic acids is 1. The van der Waals surface area contributed by atoms with E-state index in [2.05, 4.69) is 22.8 Å². The van der Waals surface area contributed by atoms with Crippen molar-refractivity contribution >= 4 is 28.6 Å². The van der Waals surface area contributed by atoms with Crippen molar-refractivity contribution in [1.82, 2.24) is 9.88 Å². The van der Waals surface area contributed by atoms with Crippen molar-refractivity contribution in [2.24, 2.45) is 0 Å². The van der Waals surface area contributed by atoms with Gasteiger partial charge in [-0.2, -0.15) is 0 Å².